The van der Waals surface area contributed by atoms with Gasteiger partial charge in [0.15, 0.2) is 0 Å². The molecule has 0 radical (unpaired) electrons. The number of aromatic nitrogens is 1. The second-order valence-electron chi connectivity index (χ2n) is 6.16. The Hall–Kier alpha value is -2.89. The molecule has 2 rings (SSSR count). The first-order valence-corrected chi connectivity index (χ1v) is 8.05. The largest absolute Gasteiger partial charge is 0.487 e. The molecule has 0 saturated carbocycles. The number of carboxylic acid groups (broad SMARTS) is 1. The molecule has 2 N–H and O–H groups in total. The van der Waals surface area contributed by atoms with Gasteiger partial charge >= 0.3 is 5.97 Å². The number of aliphatic carboxylic acids is 1. The molecule has 0 unspecified atom stereocenters. The maximum atomic E-state index is 12.3. The molecule has 0 bridgehead atoms. The Morgan fingerprint density at radius 2 is 2.00 bits per heavy atom. The van der Waals surface area contributed by atoms with E-state index in [0.717, 1.165) is 11.3 Å². The van der Waals surface area contributed by atoms with Gasteiger partial charge < -0.3 is 15.2 Å². The van der Waals surface area contributed by atoms with Crippen molar-refractivity contribution in [1.29, 1.82) is 0 Å². The van der Waals surface area contributed by atoms with Crippen LogP contribution in [0, 0.1) is 12.8 Å². The van der Waals surface area contributed by atoms with Gasteiger partial charge in [0.1, 0.15) is 18.4 Å². The monoisotopic (exact) mass is 342 g/mol. The molecule has 6 nitrogen and oxygen atoms in total. The number of hydrogen-bond acceptors (Lipinski definition) is 4. The van der Waals surface area contributed by atoms with E-state index in [2.05, 4.69) is 10.3 Å². The smallest absolute Gasteiger partial charge is 0.326 e. The molecule has 1 heterocycles. The van der Waals surface area contributed by atoms with E-state index < -0.39 is 17.9 Å². The van der Waals surface area contributed by atoms with Gasteiger partial charge in [-0.15, -0.1) is 0 Å². The number of ether oxygens (including phenoxy) is 1. The second-order valence-corrected chi connectivity index (χ2v) is 6.16. The molecule has 1 aromatic heterocycles. The summed E-state index contributed by atoms with van der Waals surface area (Å²) in [5.41, 5.74) is 2.11. The van der Waals surface area contributed by atoms with Crippen molar-refractivity contribution >= 4 is 11.9 Å². The third-order valence-electron chi connectivity index (χ3n) is 3.70. The number of aryl methyl sites for hydroxylation is 1. The highest BCUT2D eigenvalue weighted by Crippen LogP contribution is 2.13. The lowest BCUT2D eigenvalue weighted by molar-refractivity contribution is -0.140. The van der Waals surface area contributed by atoms with E-state index in [-0.39, 0.29) is 5.92 Å². The molecule has 2 aromatic rings. The van der Waals surface area contributed by atoms with Crippen molar-refractivity contribution in [3.63, 3.8) is 0 Å². The SMILES string of the molecule is Cc1ccc(OCc2cccc(C(=O)N[C@@H](C(=O)O)C(C)C)c2)cn1. The molecular formula is C19H22N2O4. The highest BCUT2D eigenvalue weighted by molar-refractivity contribution is 5.96. The summed E-state index contributed by atoms with van der Waals surface area (Å²) in [6.45, 7) is 5.68. The van der Waals surface area contributed by atoms with Crippen LogP contribution in [-0.2, 0) is 11.4 Å². The molecule has 6 heteroatoms. The first-order chi connectivity index (χ1) is 11.9. The summed E-state index contributed by atoms with van der Waals surface area (Å²) < 4.78 is 5.65. The van der Waals surface area contributed by atoms with Crippen molar-refractivity contribution in [2.45, 2.75) is 33.4 Å². The summed E-state index contributed by atoms with van der Waals surface area (Å²) in [4.78, 5) is 27.7. The van der Waals surface area contributed by atoms with Crippen molar-refractivity contribution in [1.82, 2.24) is 10.3 Å². The summed E-state index contributed by atoms with van der Waals surface area (Å²) in [6, 6.07) is 9.69. The highest BCUT2D eigenvalue weighted by atomic mass is 16.5. The number of pyridine rings is 1. The first-order valence-electron chi connectivity index (χ1n) is 8.05. The Morgan fingerprint density at radius 1 is 1.24 bits per heavy atom. The first kappa shape index (κ1) is 18.4. The Balaban J connectivity index is 2.03. The molecule has 1 aromatic carbocycles. The zero-order chi connectivity index (χ0) is 18.4. The Morgan fingerprint density at radius 3 is 2.60 bits per heavy atom. The van der Waals surface area contributed by atoms with E-state index >= 15 is 0 Å². The van der Waals surface area contributed by atoms with Gasteiger partial charge in [-0.3, -0.25) is 9.78 Å². The minimum Gasteiger partial charge on any atom is -0.487 e. The third-order valence-corrected chi connectivity index (χ3v) is 3.70. The van der Waals surface area contributed by atoms with E-state index in [4.69, 9.17) is 4.74 Å². The fourth-order valence-corrected chi connectivity index (χ4v) is 2.25. The number of benzene rings is 1. The van der Waals surface area contributed by atoms with Crippen LogP contribution in [0.25, 0.3) is 0 Å². The van der Waals surface area contributed by atoms with Crippen LogP contribution in [0.3, 0.4) is 0 Å². The number of carboxylic acids is 1. The van der Waals surface area contributed by atoms with Gasteiger partial charge in [0, 0.05) is 11.3 Å². The van der Waals surface area contributed by atoms with E-state index in [1.54, 1.807) is 38.2 Å². The highest BCUT2D eigenvalue weighted by Gasteiger charge is 2.23. The normalized spacial score (nSPS) is 11.8. The standard InChI is InChI=1S/C19H22N2O4/c1-12(2)17(19(23)24)21-18(22)15-6-4-5-14(9-15)11-25-16-8-7-13(3)20-10-16/h4-10,12,17H,11H2,1-3H3,(H,21,22)(H,23,24)/t17-/m1/s1. The molecule has 0 aliphatic heterocycles. The van der Waals surface area contributed by atoms with Gasteiger partial charge in [-0.25, -0.2) is 4.79 Å². The lowest BCUT2D eigenvalue weighted by Crippen LogP contribution is -2.44. The quantitative estimate of drug-likeness (QED) is 0.808. The maximum Gasteiger partial charge on any atom is 0.326 e. The van der Waals surface area contributed by atoms with Crippen molar-refractivity contribution in [2.75, 3.05) is 0 Å². The average Bonchev–Trinajstić information content (AvgIpc) is 2.58. The van der Waals surface area contributed by atoms with E-state index in [1.807, 2.05) is 25.1 Å². The van der Waals surface area contributed by atoms with Gasteiger partial charge in [0.25, 0.3) is 5.91 Å². The Bertz CT molecular complexity index is 741. The van der Waals surface area contributed by atoms with E-state index in [0.29, 0.717) is 17.9 Å². The molecule has 0 fully saturated rings. The predicted octanol–water partition coefficient (Wildman–Crippen LogP) is 2.81. The summed E-state index contributed by atoms with van der Waals surface area (Å²) in [5, 5.41) is 11.7. The molecule has 0 saturated heterocycles. The molecule has 1 atom stereocenters. The molecule has 0 aliphatic carbocycles. The van der Waals surface area contributed by atoms with Gasteiger partial charge in [-0.1, -0.05) is 26.0 Å². The van der Waals surface area contributed by atoms with Gasteiger partial charge in [0.05, 0.1) is 6.20 Å². The van der Waals surface area contributed by atoms with Gasteiger partial charge in [-0.05, 0) is 42.7 Å². The third kappa shape index (κ3) is 5.31. The number of rotatable bonds is 7. The van der Waals surface area contributed by atoms with Gasteiger partial charge in [-0.2, -0.15) is 0 Å². The molecule has 132 valence electrons. The number of carbonyl (C=O) groups is 2. The average molecular weight is 342 g/mol. The summed E-state index contributed by atoms with van der Waals surface area (Å²) in [5.74, 6) is -1.03. The molecule has 1 amide bonds. The fraction of sp³-hybridized carbons (Fsp3) is 0.316. The van der Waals surface area contributed by atoms with Crippen molar-refractivity contribution in [2.24, 2.45) is 5.92 Å². The van der Waals surface area contributed by atoms with Crippen LogP contribution in [0.15, 0.2) is 42.6 Å². The van der Waals surface area contributed by atoms with Crippen molar-refractivity contribution in [3.05, 3.63) is 59.4 Å². The number of nitrogens with one attached hydrogen (secondary N) is 1. The minimum atomic E-state index is -1.05. The van der Waals surface area contributed by atoms with E-state index in [1.165, 1.54) is 0 Å². The van der Waals surface area contributed by atoms with Crippen LogP contribution in [-0.4, -0.2) is 28.0 Å². The zero-order valence-electron chi connectivity index (χ0n) is 14.5. The van der Waals surface area contributed by atoms with Gasteiger partial charge in [0.2, 0.25) is 0 Å². The lowest BCUT2D eigenvalue weighted by atomic mass is 10.0. The Kier molecular flexibility index (Phi) is 6.11. The molecule has 25 heavy (non-hydrogen) atoms. The van der Waals surface area contributed by atoms with Crippen molar-refractivity contribution in [3.8, 4) is 5.75 Å². The van der Waals surface area contributed by atoms with Crippen molar-refractivity contribution < 1.29 is 19.4 Å². The Labute approximate surface area is 146 Å². The van der Waals surface area contributed by atoms with Crippen LogP contribution in [0.2, 0.25) is 0 Å². The van der Waals surface area contributed by atoms with Crippen LogP contribution in [0.4, 0.5) is 0 Å². The topological polar surface area (TPSA) is 88.5 Å². The minimum absolute atomic E-state index is 0.206. The fourth-order valence-electron chi connectivity index (χ4n) is 2.25. The summed E-state index contributed by atoms with van der Waals surface area (Å²) in [7, 11) is 0. The van der Waals surface area contributed by atoms with Crippen LogP contribution >= 0.6 is 0 Å². The van der Waals surface area contributed by atoms with Crippen LogP contribution in [0.5, 0.6) is 5.75 Å². The second kappa shape index (κ2) is 8.28. The lowest BCUT2D eigenvalue weighted by Gasteiger charge is -2.18. The van der Waals surface area contributed by atoms with E-state index in [9.17, 15) is 14.7 Å². The molecular weight excluding hydrogens is 320 g/mol. The summed E-state index contributed by atoms with van der Waals surface area (Å²) >= 11 is 0. The van der Waals surface area contributed by atoms with Crippen LogP contribution < -0.4 is 10.1 Å². The molecule has 0 spiro atoms. The van der Waals surface area contributed by atoms with Crippen LogP contribution in [0.1, 0.15) is 35.5 Å². The molecule has 0 aliphatic rings. The number of carbonyl (C=O) groups excluding carboxylic acids is 1. The summed E-state index contributed by atoms with van der Waals surface area (Å²) in [6.07, 6.45) is 1.64. The predicted molar refractivity (Wildman–Crippen MR) is 93.5 cm³/mol. The number of hydrogen-bond donors (Lipinski definition) is 2. The maximum absolute atomic E-state index is 12.3. The number of amides is 1. The zero-order valence-corrected chi connectivity index (χ0v) is 14.5. The number of nitrogens with zero attached hydrogens (tertiary/aromatic N) is 1.